The first kappa shape index (κ1) is 17.1. The van der Waals surface area contributed by atoms with Crippen molar-refractivity contribution in [1.29, 1.82) is 0 Å². The van der Waals surface area contributed by atoms with Gasteiger partial charge >= 0.3 is 0 Å². The zero-order valence-corrected chi connectivity index (χ0v) is 11.7. The molecule has 0 aliphatic rings. The van der Waals surface area contributed by atoms with Crippen LogP contribution in [0.2, 0.25) is 0 Å². The predicted octanol–water partition coefficient (Wildman–Crippen LogP) is 5.72. The largest absolute Gasteiger partial charge is 0.0984 e. The summed E-state index contributed by atoms with van der Waals surface area (Å²) >= 11 is 0. The van der Waals surface area contributed by atoms with Crippen LogP contribution in [-0.2, 0) is 0 Å². The van der Waals surface area contributed by atoms with Crippen molar-refractivity contribution >= 4 is 11.6 Å². The number of allylic oxidation sites excluding steroid dienone is 1. The molecule has 0 aromatic heterocycles. The van der Waals surface area contributed by atoms with Gasteiger partial charge in [-0.1, -0.05) is 76.3 Å². The van der Waals surface area contributed by atoms with Gasteiger partial charge in [-0.15, -0.1) is 0 Å². The summed E-state index contributed by atoms with van der Waals surface area (Å²) in [5, 5.41) is 0. The molecule has 0 radical (unpaired) electrons. The highest BCUT2D eigenvalue weighted by atomic mass is 14.0. The average Bonchev–Trinajstić information content (AvgIpc) is 2.34. The normalized spacial score (nSPS) is 7.88. The molecule has 1 aromatic rings. The summed E-state index contributed by atoms with van der Waals surface area (Å²) in [7, 11) is 0. The van der Waals surface area contributed by atoms with E-state index in [1.165, 1.54) is 11.1 Å². The van der Waals surface area contributed by atoms with E-state index in [1.807, 2.05) is 40.7 Å². The summed E-state index contributed by atoms with van der Waals surface area (Å²) < 4.78 is 0. The molecule has 0 unspecified atom stereocenters. The van der Waals surface area contributed by atoms with Gasteiger partial charge in [0.1, 0.15) is 0 Å². The minimum atomic E-state index is 1.09. The third-order valence-corrected chi connectivity index (χ3v) is 1.89. The molecule has 0 heterocycles. The van der Waals surface area contributed by atoms with Gasteiger partial charge in [-0.05, 0) is 25.0 Å². The zero-order valence-electron chi connectivity index (χ0n) is 11.7. The lowest BCUT2D eigenvalue weighted by Gasteiger charge is -2.05. The van der Waals surface area contributed by atoms with Gasteiger partial charge in [0.2, 0.25) is 0 Å². The first-order valence-electron chi connectivity index (χ1n) is 6.04. The fraction of sp³-hybridized carbons (Fsp3) is 0.375. The molecule has 0 amide bonds. The maximum atomic E-state index is 3.93. The van der Waals surface area contributed by atoms with Gasteiger partial charge in [-0.2, -0.15) is 0 Å². The van der Waals surface area contributed by atoms with Crippen LogP contribution in [0, 0.1) is 6.92 Å². The Morgan fingerprint density at radius 2 is 1.62 bits per heavy atom. The molecular weight excluding hydrogens is 192 g/mol. The van der Waals surface area contributed by atoms with Crippen molar-refractivity contribution in [3.05, 3.63) is 48.0 Å². The molecule has 0 bridgehead atoms. The van der Waals surface area contributed by atoms with Crippen molar-refractivity contribution in [3.63, 3.8) is 0 Å². The van der Waals surface area contributed by atoms with Crippen LogP contribution in [0.15, 0.2) is 31.4 Å². The average molecular weight is 218 g/mol. The van der Waals surface area contributed by atoms with E-state index in [4.69, 9.17) is 0 Å². The van der Waals surface area contributed by atoms with Crippen LogP contribution in [-0.4, -0.2) is 0 Å². The molecular formula is C16H26. The molecule has 1 aromatic carbocycles. The van der Waals surface area contributed by atoms with Crippen molar-refractivity contribution in [3.8, 4) is 0 Å². The molecule has 16 heavy (non-hydrogen) atoms. The molecule has 0 spiro atoms. The summed E-state index contributed by atoms with van der Waals surface area (Å²) in [5.74, 6) is 0. The van der Waals surface area contributed by atoms with Crippen LogP contribution < -0.4 is 0 Å². The number of aryl methyl sites for hydroxylation is 1. The minimum absolute atomic E-state index is 1.09. The molecule has 0 nitrogen and oxygen atoms in total. The van der Waals surface area contributed by atoms with Crippen LogP contribution in [0.4, 0.5) is 0 Å². The highest BCUT2D eigenvalue weighted by Crippen LogP contribution is 2.19. The van der Waals surface area contributed by atoms with Crippen molar-refractivity contribution in [2.24, 2.45) is 0 Å². The van der Waals surface area contributed by atoms with Crippen molar-refractivity contribution in [2.45, 2.75) is 41.5 Å². The fourth-order valence-corrected chi connectivity index (χ4v) is 1.22. The van der Waals surface area contributed by atoms with E-state index in [0.29, 0.717) is 0 Å². The highest BCUT2D eigenvalue weighted by molar-refractivity contribution is 5.71. The Kier molecular flexibility index (Phi) is 10.9. The van der Waals surface area contributed by atoms with Gasteiger partial charge < -0.3 is 0 Å². The third-order valence-electron chi connectivity index (χ3n) is 1.89. The summed E-state index contributed by atoms with van der Waals surface area (Å²) in [6.45, 7) is 19.8. The van der Waals surface area contributed by atoms with E-state index in [-0.39, 0.29) is 0 Å². The number of hydrogen-bond acceptors (Lipinski definition) is 0. The molecule has 1 rings (SSSR count). The Balaban J connectivity index is 0. The molecule has 0 atom stereocenters. The van der Waals surface area contributed by atoms with Gasteiger partial charge in [0.05, 0.1) is 0 Å². The summed E-state index contributed by atoms with van der Waals surface area (Å²) in [6.07, 6.45) is 1.86. The lowest BCUT2D eigenvalue weighted by Crippen LogP contribution is -1.85. The van der Waals surface area contributed by atoms with E-state index in [9.17, 15) is 0 Å². The van der Waals surface area contributed by atoms with Gasteiger partial charge in [0.25, 0.3) is 0 Å². The minimum Gasteiger partial charge on any atom is -0.0984 e. The quantitative estimate of drug-likeness (QED) is 0.595. The molecule has 90 valence electrons. The lowest BCUT2D eigenvalue weighted by atomic mass is 10.00. The first-order valence-corrected chi connectivity index (χ1v) is 6.04. The van der Waals surface area contributed by atoms with Crippen molar-refractivity contribution in [1.82, 2.24) is 0 Å². The highest BCUT2D eigenvalue weighted by Gasteiger charge is 1.98. The summed E-state index contributed by atoms with van der Waals surface area (Å²) in [5.41, 5.74) is 4.71. The molecule has 0 heteroatoms. The number of benzene rings is 1. The molecule has 0 fully saturated rings. The number of rotatable bonds is 2. The Hall–Kier alpha value is -1.30. The molecule has 0 aliphatic heterocycles. The van der Waals surface area contributed by atoms with Crippen LogP contribution in [0.25, 0.3) is 11.6 Å². The van der Waals surface area contributed by atoms with Crippen LogP contribution in [0.3, 0.4) is 0 Å². The zero-order chi connectivity index (χ0) is 13.1. The van der Waals surface area contributed by atoms with E-state index >= 15 is 0 Å². The van der Waals surface area contributed by atoms with Crippen LogP contribution >= 0.6 is 0 Å². The lowest BCUT2D eigenvalue weighted by molar-refractivity contribution is 1.42. The van der Waals surface area contributed by atoms with E-state index in [1.54, 1.807) is 0 Å². The Bertz CT molecular complexity index is 319. The predicted molar refractivity (Wildman–Crippen MR) is 78.7 cm³/mol. The molecule has 0 N–H and O–H groups in total. The fourth-order valence-electron chi connectivity index (χ4n) is 1.22. The smallest absolute Gasteiger partial charge is 0.0158 e. The maximum Gasteiger partial charge on any atom is -0.0158 e. The Labute approximate surface area is 102 Å². The summed E-state index contributed by atoms with van der Waals surface area (Å²) in [4.78, 5) is 0. The molecule has 0 saturated heterocycles. The van der Waals surface area contributed by atoms with E-state index in [2.05, 4.69) is 38.3 Å². The topological polar surface area (TPSA) is 0 Å². The second-order valence-corrected chi connectivity index (χ2v) is 3.08. The van der Waals surface area contributed by atoms with Gasteiger partial charge in [-0.3, -0.25) is 0 Å². The van der Waals surface area contributed by atoms with E-state index < -0.39 is 0 Å². The first-order chi connectivity index (χ1) is 7.65. The van der Waals surface area contributed by atoms with Crippen LogP contribution in [0.1, 0.15) is 51.3 Å². The van der Waals surface area contributed by atoms with Crippen molar-refractivity contribution in [2.75, 3.05) is 0 Å². The SMILES string of the molecule is C=Cc1ccc(C)cc1C(=C)C.CC.CC. The van der Waals surface area contributed by atoms with Gasteiger partial charge in [0, 0.05) is 0 Å². The molecule has 0 aliphatic carbocycles. The Morgan fingerprint density at radius 1 is 1.12 bits per heavy atom. The second-order valence-electron chi connectivity index (χ2n) is 3.08. The maximum absolute atomic E-state index is 3.93. The van der Waals surface area contributed by atoms with Crippen LogP contribution in [0.5, 0.6) is 0 Å². The second kappa shape index (κ2) is 10.2. The molecule has 0 saturated carbocycles. The van der Waals surface area contributed by atoms with Crippen molar-refractivity contribution < 1.29 is 0 Å². The third kappa shape index (κ3) is 5.55. The standard InChI is InChI=1S/C12H14.2C2H6/c1-5-11-7-6-10(4)8-12(11)9(2)3;2*1-2/h5-8H,1-2H2,3-4H3;2*1-2H3. The van der Waals surface area contributed by atoms with E-state index in [0.717, 1.165) is 11.1 Å². The van der Waals surface area contributed by atoms with Gasteiger partial charge in [-0.25, -0.2) is 0 Å². The number of hydrogen-bond donors (Lipinski definition) is 0. The Morgan fingerprint density at radius 3 is 2.00 bits per heavy atom. The van der Waals surface area contributed by atoms with Gasteiger partial charge in [0.15, 0.2) is 0 Å². The summed E-state index contributed by atoms with van der Waals surface area (Å²) in [6, 6.07) is 6.30. The monoisotopic (exact) mass is 218 g/mol.